The maximum Gasteiger partial charge on any atom is 0.275 e. The van der Waals surface area contributed by atoms with Crippen molar-refractivity contribution in [2.45, 2.75) is 45.8 Å². The fourth-order valence-corrected chi connectivity index (χ4v) is 4.29. The molecule has 0 unspecified atom stereocenters. The van der Waals surface area contributed by atoms with Crippen molar-refractivity contribution in [1.82, 2.24) is 15.3 Å². The van der Waals surface area contributed by atoms with Gasteiger partial charge in [-0.2, -0.15) is 0 Å². The zero-order valence-electron chi connectivity index (χ0n) is 17.7. The fraction of sp³-hybridized carbons (Fsp3) is 0.667. The van der Waals surface area contributed by atoms with Crippen molar-refractivity contribution < 1.29 is 23.7 Å². The standard InChI is InChI=1S/C21H29N3O5S/c1-13(22-14(2)25)8-27-16-6-15(7-16)9-28-18-5-4-17-19(24-18)30-20(23-17)29-12-21(3)10-26-11-21/h4-5,13,15-16H,6-12H2,1-3H3,(H,22,25)/t13-,15-,16-/m0/s1. The number of hydrogen-bond acceptors (Lipinski definition) is 8. The van der Waals surface area contributed by atoms with Crippen LogP contribution in [-0.2, 0) is 14.3 Å². The van der Waals surface area contributed by atoms with Gasteiger partial charge in [-0.15, -0.1) is 0 Å². The minimum Gasteiger partial charge on any atom is -0.477 e. The number of amides is 1. The SMILES string of the molecule is CC(=O)N[C@@H](C)CO[C@H]1C[C@H](COc2ccc3nc(OCC4(C)COC4)sc3n2)C1. The predicted molar refractivity (Wildman–Crippen MR) is 113 cm³/mol. The predicted octanol–water partition coefficient (Wildman–Crippen LogP) is 2.81. The van der Waals surface area contributed by atoms with Crippen LogP contribution in [-0.4, -0.2) is 61.1 Å². The van der Waals surface area contributed by atoms with E-state index in [0.717, 1.165) is 36.4 Å². The molecule has 2 aromatic rings. The molecular weight excluding hydrogens is 406 g/mol. The fourth-order valence-electron chi connectivity index (χ4n) is 3.51. The molecule has 1 atom stereocenters. The van der Waals surface area contributed by atoms with E-state index >= 15 is 0 Å². The third-order valence-electron chi connectivity index (χ3n) is 5.35. The summed E-state index contributed by atoms with van der Waals surface area (Å²) in [6.07, 6.45) is 2.18. The molecule has 2 aliphatic rings. The van der Waals surface area contributed by atoms with Crippen molar-refractivity contribution in [3.05, 3.63) is 12.1 Å². The summed E-state index contributed by atoms with van der Waals surface area (Å²) in [5.41, 5.74) is 0.911. The number of carbonyl (C=O) groups excluding carboxylic acids is 1. The smallest absolute Gasteiger partial charge is 0.275 e. The molecule has 1 amide bonds. The van der Waals surface area contributed by atoms with Gasteiger partial charge in [0.25, 0.3) is 5.19 Å². The molecule has 1 N–H and O–H groups in total. The number of nitrogens with zero attached hydrogens (tertiary/aromatic N) is 2. The number of aromatic nitrogens is 2. The van der Waals surface area contributed by atoms with Gasteiger partial charge in [0, 0.05) is 24.4 Å². The zero-order chi connectivity index (χ0) is 21.1. The van der Waals surface area contributed by atoms with Crippen LogP contribution >= 0.6 is 11.3 Å². The lowest BCUT2D eigenvalue weighted by Crippen LogP contribution is -2.44. The second kappa shape index (κ2) is 9.03. The summed E-state index contributed by atoms with van der Waals surface area (Å²) in [6.45, 7) is 8.84. The highest BCUT2D eigenvalue weighted by molar-refractivity contribution is 7.19. The summed E-state index contributed by atoms with van der Waals surface area (Å²) in [4.78, 5) is 20.9. The Balaban J connectivity index is 1.19. The van der Waals surface area contributed by atoms with Crippen molar-refractivity contribution in [3.63, 3.8) is 0 Å². The summed E-state index contributed by atoms with van der Waals surface area (Å²) >= 11 is 1.44. The van der Waals surface area contributed by atoms with Gasteiger partial charge in [-0.05, 0) is 31.7 Å². The Morgan fingerprint density at radius 2 is 2.13 bits per heavy atom. The van der Waals surface area contributed by atoms with Crippen LogP contribution in [0.25, 0.3) is 10.3 Å². The molecule has 0 radical (unpaired) electrons. The maximum atomic E-state index is 11.0. The third kappa shape index (κ3) is 5.39. The van der Waals surface area contributed by atoms with Crippen LogP contribution in [0.2, 0.25) is 0 Å². The van der Waals surface area contributed by atoms with E-state index in [0.29, 0.717) is 36.8 Å². The number of ether oxygens (including phenoxy) is 4. The van der Waals surface area contributed by atoms with Gasteiger partial charge < -0.3 is 24.3 Å². The number of thiazole rings is 1. The highest BCUT2D eigenvalue weighted by Gasteiger charge is 2.34. The van der Waals surface area contributed by atoms with E-state index in [2.05, 4.69) is 22.2 Å². The Kier molecular flexibility index (Phi) is 6.40. The van der Waals surface area contributed by atoms with Crippen LogP contribution in [0.1, 0.15) is 33.6 Å². The molecule has 1 aliphatic carbocycles. The first-order chi connectivity index (χ1) is 14.4. The average Bonchev–Trinajstić information content (AvgIpc) is 3.04. The van der Waals surface area contributed by atoms with Crippen LogP contribution in [0.15, 0.2) is 12.1 Å². The quantitative estimate of drug-likeness (QED) is 0.613. The van der Waals surface area contributed by atoms with E-state index in [4.69, 9.17) is 18.9 Å². The van der Waals surface area contributed by atoms with E-state index in [1.165, 1.54) is 18.3 Å². The van der Waals surface area contributed by atoms with Crippen molar-refractivity contribution in [3.8, 4) is 11.1 Å². The first-order valence-corrected chi connectivity index (χ1v) is 11.2. The van der Waals surface area contributed by atoms with E-state index in [-0.39, 0.29) is 23.5 Å². The molecule has 30 heavy (non-hydrogen) atoms. The van der Waals surface area contributed by atoms with Gasteiger partial charge >= 0.3 is 0 Å². The van der Waals surface area contributed by atoms with Crippen molar-refractivity contribution >= 4 is 27.6 Å². The number of carbonyl (C=O) groups is 1. The van der Waals surface area contributed by atoms with Crippen LogP contribution in [0, 0.1) is 11.3 Å². The monoisotopic (exact) mass is 435 g/mol. The summed E-state index contributed by atoms with van der Waals surface area (Å²) in [6, 6.07) is 3.81. The molecule has 8 nitrogen and oxygen atoms in total. The zero-order valence-corrected chi connectivity index (χ0v) is 18.5. The highest BCUT2D eigenvalue weighted by Crippen LogP contribution is 2.33. The highest BCUT2D eigenvalue weighted by atomic mass is 32.1. The van der Waals surface area contributed by atoms with Gasteiger partial charge in [0.1, 0.15) is 12.1 Å². The minimum atomic E-state index is -0.0303. The number of nitrogens with one attached hydrogen (secondary N) is 1. The van der Waals surface area contributed by atoms with E-state index < -0.39 is 0 Å². The molecule has 164 valence electrons. The van der Waals surface area contributed by atoms with E-state index in [1.54, 1.807) is 0 Å². The molecule has 9 heteroatoms. The molecule has 0 bridgehead atoms. The summed E-state index contributed by atoms with van der Waals surface area (Å²) in [5, 5.41) is 3.46. The van der Waals surface area contributed by atoms with Gasteiger partial charge in [-0.1, -0.05) is 18.3 Å². The van der Waals surface area contributed by atoms with E-state index in [1.807, 2.05) is 19.1 Å². The van der Waals surface area contributed by atoms with Crippen LogP contribution < -0.4 is 14.8 Å². The van der Waals surface area contributed by atoms with Crippen LogP contribution in [0.3, 0.4) is 0 Å². The van der Waals surface area contributed by atoms with E-state index in [9.17, 15) is 4.79 Å². The van der Waals surface area contributed by atoms with Gasteiger partial charge in [0.05, 0.1) is 32.5 Å². The lowest BCUT2D eigenvalue weighted by Gasteiger charge is -2.37. The molecule has 2 aromatic heterocycles. The molecule has 0 aromatic carbocycles. The molecule has 3 heterocycles. The first kappa shape index (κ1) is 21.3. The summed E-state index contributed by atoms with van der Waals surface area (Å²) in [7, 11) is 0. The lowest BCUT2D eigenvalue weighted by atomic mass is 9.83. The second-order valence-electron chi connectivity index (χ2n) is 8.75. The second-order valence-corrected chi connectivity index (χ2v) is 9.69. The Labute approximate surface area is 180 Å². The minimum absolute atomic E-state index is 0.0303. The average molecular weight is 436 g/mol. The van der Waals surface area contributed by atoms with Gasteiger partial charge in [-0.25, -0.2) is 9.97 Å². The third-order valence-corrected chi connectivity index (χ3v) is 6.22. The van der Waals surface area contributed by atoms with Crippen molar-refractivity contribution in [2.75, 3.05) is 33.0 Å². The first-order valence-electron chi connectivity index (χ1n) is 10.4. The molecule has 1 saturated heterocycles. The van der Waals surface area contributed by atoms with Gasteiger partial charge in [0.2, 0.25) is 11.8 Å². The Hall–Kier alpha value is -1.97. The number of rotatable bonds is 10. The van der Waals surface area contributed by atoms with Crippen molar-refractivity contribution in [2.24, 2.45) is 11.3 Å². The lowest BCUT2D eigenvalue weighted by molar-refractivity contribution is -0.120. The number of hydrogen-bond donors (Lipinski definition) is 1. The summed E-state index contributed by atoms with van der Waals surface area (Å²) < 4.78 is 22.8. The molecule has 1 saturated carbocycles. The molecule has 4 rings (SSSR count). The molecule has 2 fully saturated rings. The molecule has 0 spiro atoms. The van der Waals surface area contributed by atoms with Gasteiger partial charge in [-0.3, -0.25) is 4.79 Å². The number of fused-ring (bicyclic) bond motifs is 1. The Bertz CT molecular complexity index is 879. The van der Waals surface area contributed by atoms with Gasteiger partial charge in [0.15, 0.2) is 4.83 Å². The van der Waals surface area contributed by atoms with Crippen LogP contribution in [0.4, 0.5) is 0 Å². The Morgan fingerprint density at radius 3 is 2.83 bits per heavy atom. The molecular formula is C21H29N3O5S. The number of pyridine rings is 1. The topological polar surface area (TPSA) is 91.8 Å². The normalized spacial score (nSPS) is 23.3. The maximum absolute atomic E-state index is 11.0. The summed E-state index contributed by atoms with van der Waals surface area (Å²) in [5.74, 6) is 1.05. The molecule has 1 aliphatic heterocycles. The van der Waals surface area contributed by atoms with Crippen LogP contribution in [0.5, 0.6) is 11.1 Å². The largest absolute Gasteiger partial charge is 0.477 e. The van der Waals surface area contributed by atoms with Crippen molar-refractivity contribution in [1.29, 1.82) is 0 Å². The Morgan fingerprint density at radius 1 is 1.33 bits per heavy atom.